The van der Waals surface area contributed by atoms with Gasteiger partial charge in [-0.15, -0.1) is 5.10 Å². The molecule has 0 unspecified atom stereocenters. The summed E-state index contributed by atoms with van der Waals surface area (Å²) in [5.41, 5.74) is 2.01. The van der Waals surface area contributed by atoms with Crippen molar-refractivity contribution in [1.29, 1.82) is 0 Å². The van der Waals surface area contributed by atoms with Crippen molar-refractivity contribution in [2.45, 2.75) is 29.9 Å². The number of nitrogens with zero attached hydrogens (tertiary/aromatic N) is 4. The van der Waals surface area contributed by atoms with E-state index >= 15 is 0 Å². The Morgan fingerprint density at radius 2 is 1.77 bits per heavy atom. The van der Waals surface area contributed by atoms with Gasteiger partial charge in [-0.3, -0.25) is 4.79 Å². The molecule has 2 aromatic carbocycles. The molecule has 30 heavy (non-hydrogen) atoms. The van der Waals surface area contributed by atoms with Crippen molar-refractivity contribution >= 4 is 34.9 Å². The Morgan fingerprint density at radius 1 is 1.03 bits per heavy atom. The van der Waals surface area contributed by atoms with Gasteiger partial charge < -0.3 is 5.32 Å². The molecule has 0 fully saturated rings. The van der Waals surface area contributed by atoms with Crippen molar-refractivity contribution in [1.82, 2.24) is 24.7 Å². The molecule has 4 aromatic rings. The maximum Gasteiger partial charge on any atom is 0.367 e. The Kier molecular flexibility index (Phi) is 5.87. The van der Waals surface area contributed by atoms with E-state index in [4.69, 9.17) is 11.6 Å². The number of carbonyl (C=O) groups excluding carboxylic acids is 1. The summed E-state index contributed by atoms with van der Waals surface area (Å²) in [4.78, 5) is 25.9. The van der Waals surface area contributed by atoms with E-state index in [2.05, 4.69) is 15.5 Å². The second-order valence-electron chi connectivity index (χ2n) is 6.70. The number of aromatic nitrogens is 4. The van der Waals surface area contributed by atoms with Gasteiger partial charge in [-0.05, 0) is 48.9 Å². The maximum atomic E-state index is 12.6. The lowest BCUT2D eigenvalue weighted by Gasteiger charge is -2.05. The summed E-state index contributed by atoms with van der Waals surface area (Å²) in [7, 11) is 0. The highest BCUT2D eigenvalue weighted by Gasteiger charge is 2.12. The van der Waals surface area contributed by atoms with Gasteiger partial charge in [0.05, 0.1) is 0 Å². The molecule has 4 rings (SSSR count). The molecule has 7 nitrogen and oxygen atoms in total. The predicted octanol–water partition coefficient (Wildman–Crippen LogP) is 3.32. The molecule has 1 amide bonds. The summed E-state index contributed by atoms with van der Waals surface area (Å²) in [6.45, 7) is 2.18. The van der Waals surface area contributed by atoms with Crippen LogP contribution in [0.4, 0.5) is 0 Å². The third-order valence-corrected chi connectivity index (χ3v) is 5.54. The summed E-state index contributed by atoms with van der Waals surface area (Å²) in [6.07, 6.45) is 0. The third-order valence-electron chi connectivity index (χ3n) is 4.36. The van der Waals surface area contributed by atoms with Crippen LogP contribution >= 0.6 is 23.4 Å². The molecule has 0 saturated heterocycles. The molecule has 0 radical (unpaired) electrons. The first-order valence-electron chi connectivity index (χ1n) is 9.20. The SMILES string of the molecule is Cc1ccc(Sc2ccc3nn(CC(=O)NCc4ccc(Cl)cc4)c(=O)n3n2)cc1. The number of carbonyl (C=O) groups is 1. The van der Waals surface area contributed by atoms with Crippen molar-refractivity contribution in [3.8, 4) is 0 Å². The molecule has 0 bridgehead atoms. The fourth-order valence-electron chi connectivity index (χ4n) is 2.77. The van der Waals surface area contributed by atoms with Crippen LogP contribution in [0.5, 0.6) is 0 Å². The van der Waals surface area contributed by atoms with Crippen molar-refractivity contribution in [2.75, 3.05) is 0 Å². The Balaban J connectivity index is 1.46. The minimum Gasteiger partial charge on any atom is -0.350 e. The molecule has 1 N–H and O–H groups in total. The molecule has 0 aliphatic carbocycles. The standard InChI is InChI=1S/C21H18ClN5O2S/c1-14-2-8-17(9-3-14)30-20-11-10-18-24-26(21(29)27(18)25-20)13-19(28)23-12-15-4-6-16(22)7-5-15/h2-11H,12-13H2,1H3,(H,23,28). The maximum absolute atomic E-state index is 12.6. The number of hydrogen-bond acceptors (Lipinski definition) is 5. The average molecular weight is 440 g/mol. The van der Waals surface area contributed by atoms with Gasteiger partial charge in [0.15, 0.2) is 5.65 Å². The Labute approximate surface area is 181 Å². The number of rotatable bonds is 6. The van der Waals surface area contributed by atoms with E-state index in [1.54, 1.807) is 24.3 Å². The first-order valence-corrected chi connectivity index (χ1v) is 10.4. The summed E-state index contributed by atoms with van der Waals surface area (Å²) in [5.74, 6) is -0.315. The van der Waals surface area contributed by atoms with Crippen molar-refractivity contribution in [2.24, 2.45) is 0 Å². The lowest BCUT2D eigenvalue weighted by atomic mass is 10.2. The van der Waals surface area contributed by atoms with Gasteiger partial charge in [-0.2, -0.15) is 9.61 Å². The highest BCUT2D eigenvalue weighted by Crippen LogP contribution is 2.25. The summed E-state index contributed by atoms with van der Waals surface area (Å²) < 4.78 is 2.32. The lowest BCUT2D eigenvalue weighted by Crippen LogP contribution is -2.32. The normalized spacial score (nSPS) is 11.0. The van der Waals surface area contributed by atoms with Crippen molar-refractivity contribution in [3.63, 3.8) is 0 Å². The molecule has 9 heteroatoms. The van der Waals surface area contributed by atoms with Crippen LogP contribution in [0.25, 0.3) is 5.65 Å². The number of halogens is 1. The molecule has 0 saturated carbocycles. The highest BCUT2D eigenvalue weighted by molar-refractivity contribution is 7.99. The van der Waals surface area contributed by atoms with Gasteiger partial charge in [0.25, 0.3) is 0 Å². The minimum absolute atomic E-state index is 0.184. The van der Waals surface area contributed by atoms with Crippen LogP contribution < -0.4 is 11.0 Å². The molecular weight excluding hydrogens is 422 g/mol. The van der Waals surface area contributed by atoms with Gasteiger partial charge in [0, 0.05) is 16.5 Å². The quantitative estimate of drug-likeness (QED) is 0.498. The lowest BCUT2D eigenvalue weighted by molar-refractivity contribution is -0.122. The van der Waals surface area contributed by atoms with Crippen LogP contribution in [0.2, 0.25) is 5.02 Å². The molecule has 0 aliphatic rings. The number of fused-ring (bicyclic) bond motifs is 1. The van der Waals surface area contributed by atoms with Gasteiger partial charge in [-0.1, -0.05) is 53.2 Å². The fourth-order valence-corrected chi connectivity index (χ4v) is 3.67. The molecule has 0 aliphatic heterocycles. The van der Waals surface area contributed by atoms with Crippen LogP contribution in [-0.2, 0) is 17.9 Å². The topological polar surface area (TPSA) is 81.3 Å². The fraction of sp³-hybridized carbons (Fsp3) is 0.143. The van der Waals surface area contributed by atoms with Gasteiger partial charge in [0.1, 0.15) is 11.6 Å². The van der Waals surface area contributed by atoms with E-state index in [-0.39, 0.29) is 12.5 Å². The summed E-state index contributed by atoms with van der Waals surface area (Å²) in [5, 5.41) is 12.6. The number of nitrogens with one attached hydrogen (secondary N) is 1. The molecule has 2 aromatic heterocycles. The van der Waals surface area contributed by atoms with E-state index in [1.807, 2.05) is 43.3 Å². The molecule has 2 heterocycles. The van der Waals surface area contributed by atoms with Gasteiger partial charge >= 0.3 is 5.69 Å². The van der Waals surface area contributed by atoms with Crippen LogP contribution in [0, 0.1) is 6.92 Å². The molecular formula is C21H18ClN5O2S. The number of amides is 1. The van der Waals surface area contributed by atoms with Crippen molar-refractivity contribution < 1.29 is 4.79 Å². The monoisotopic (exact) mass is 439 g/mol. The van der Waals surface area contributed by atoms with E-state index < -0.39 is 5.69 Å². The smallest absolute Gasteiger partial charge is 0.350 e. The number of benzene rings is 2. The molecule has 0 atom stereocenters. The second kappa shape index (κ2) is 8.73. The number of hydrogen-bond donors (Lipinski definition) is 1. The largest absolute Gasteiger partial charge is 0.367 e. The summed E-state index contributed by atoms with van der Waals surface area (Å²) >= 11 is 7.31. The van der Waals surface area contributed by atoms with Gasteiger partial charge in [0.2, 0.25) is 5.91 Å². The second-order valence-corrected chi connectivity index (χ2v) is 8.23. The van der Waals surface area contributed by atoms with E-state index in [0.29, 0.717) is 22.2 Å². The first kappa shape index (κ1) is 20.2. The summed E-state index contributed by atoms with van der Waals surface area (Å²) in [6, 6.07) is 18.7. The Morgan fingerprint density at radius 3 is 2.50 bits per heavy atom. The molecule has 0 spiro atoms. The zero-order valence-corrected chi connectivity index (χ0v) is 17.7. The average Bonchev–Trinajstić information content (AvgIpc) is 3.04. The van der Waals surface area contributed by atoms with Crippen LogP contribution in [0.15, 0.2) is 75.4 Å². The zero-order chi connectivity index (χ0) is 21.1. The third kappa shape index (κ3) is 4.72. The van der Waals surface area contributed by atoms with Gasteiger partial charge in [-0.25, -0.2) is 9.48 Å². The minimum atomic E-state index is -0.460. The van der Waals surface area contributed by atoms with Crippen LogP contribution in [-0.4, -0.2) is 25.3 Å². The zero-order valence-electron chi connectivity index (χ0n) is 16.1. The van der Waals surface area contributed by atoms with Crippen LogP contribution in [0.3, 0.4) is 0 Å². The highest BCUT2D eigenvalue weighted by atomic mass is 35.5. The van der Waals surface area contributed by atoms with E-state index in [0.717, 1.165) is 15.1 Å². The van der Waals surface area contributed by atoms with Crippen LogP contribution in [0.1, 0.15) is 11.1 Å². The predicted molar refractivity (Wildman–Crippen MR) is 116 cm³/mol. The van der Waals surface area contributed by atoms with E-state index in [9.17, 15) is 9.59 Å². The Hall–Kier alpha value is -3.10. The molecule has 152 valence electrons. The number of aryl methyl sites for hydroxylation is 1. The van der Waals surface area contributed by atoms with Crippen molar-refractivity contribution in [3.05, 3.63) is 87.3 Å². The van der Waals surface area contributed by atoms with E-state index in [1.165, 1.54) is 21.8 Å². The Bertz CT molecular complexity index is 1250. The first-order chi connectivity index (χ1) is 14.5.